The third-order valence-corrected chi connectivity index (χ3v) is 5.65. The number of aromatic amines is 1. The molecule has 0 bridgehead atoms. The second kappa shape index (κ2) is 7.46. The largest absolute Gasteiger partial charge is 0.310 e. The number of rotatable bonds is 3. The molecule has 1 N–H and O–H groups in total. The van der Waals surface area contributed by atoms with Crippen LogP contribution in [0.4, 0.5) is 13.2 Å². The van der Waals surface area contributed by atoms with Gasteiger partial charge in [0, 0.05) is 42.7 Å². The zero-order chi connectivity index (χ0) is 19.0. The lowest BCUT2D eigenvalue weighted by Gasteiger charge is -2.29. The molecule has 144 valence electrons. The molecule has 2 aliphatic rings. The van der Waals surface area contributed by atoms with Crippen LogP contribution in [0.3, 0.4) is 0 Å². The van der Waals surface area contributed by atoms with Gasteiger partial charge in [0.05, 0.1) is 5.69 Å². The summed E-state index contributed by atoms with van der Waals surface area (Å²) in [6.45, 7) is 1.09. The lowest BCUT2D eigenvalue weighted by Crippen LogP contribution is -2.36. The van der Waals surface area contributed by atoms with E-state index in [0.717, 1.165) is 37.6 Å². The van der Waals surface area contributed by atoms with Crippen LogP contribution in [0.5, 0.6) is 0 Å². The molecule has 1 fully saturated rings. The van der Waals surface area contributed by atoms with E-state index in [9.17, 15) is 18.0 Å². The summed E-state index contributed by atoms with van der Waals surface area (Å²) < 4.78 is 40.5. The molecule has 0 atom stereocenters. The van der Waals surface area contributed by atoms with Crippen LogP contribution >= 0.6 is 0 Å². The number of fused-ring (bicyclic) bond motifs is 1. The molecular formula is C20H22F3N3O. The first-order valence-electron chi connectivity index (χ1n) is 9.49. The van der Waals surface area contributed by atoms with Crippen molar-refractivity contribution in [3.8, 4) is 0 Å². The average molecular weight is 377 g/mol. The smallest absolute Gasteiger partial charge is 0.254 e. The van der Waals surface area contributed by atoms with E-state index in [1.54, 1.807) is 0 Å². The molecule has 4 rings (SSSR count). The van der Waals surface area contributed by atoms with Crippen LogP contribution in [0.1, 0.15) is 60.7 Å². The summed E-state index contributed by atoms with van der Waals surface area (Å²) in [6.07, 6.45) is 6.09. The first kappa shape index (κ1) is 18.2. The number of nitrogens with one attached hydrogen (secondary N) is 1. The Morgan fingerprint density at radius 3 is 2.59 bits per heavy atom. The van der Waals surface area contributed by atoms with Crippen molar-refractivity contribution in [3.63, 3.8) is 0 Å². The van der Waals surface area contributed by atoms with Crippen LogP contribution in [0.2, 0.25) is 0 Å². The second-order valence-corrected chi connectivity index (χ2v) is 7.53. The summed E-state index contributed by atoms with van der Waals surface area (Å²) >= 11 is 0. The van der Waals surface area contributed by atoms with Gasteiger partial charge in [-0.15, -0.1) is 0 Å². The van der Waals surface area contributed by atoms with Gasteiger partial charge >= 0.3 is 0 Å². The predicted molar refractivity (Wildman–Crippen MR) is 94.8 cm³/mol. The highest BCUT2D eigenvalue weighted by Crippen LogP contribution is 2.31. The van der Waals surface area contributed by atoms with Gasteiger partial charge in [0.2, 0.25) is 0 Å². The zero-order valence-corrected chi connectivity index (χ0v) is 15.0. The molecule has 0 amide bonds. The number of nitrogens with zero attached hydrogens (tertiary/aromatic N) is 2. The SMILES string of the molecule is O=c1[nH]c(C2CCCCC2)nc2c1CCN(Cc1cc(F)c(F)cc1F)C2. The lowest BCUT2D eigenvalue weighted by atomic mass is 9.88. The summed E-state index contributed by atoms with van der Waals surface area (Å²) in [7, 11) is 0. The van der Waals surface area contributed by atoms with E-state index in [0.29, 0.717) is 36.8 Å². The van der Waals surface area contributed by atoms with Crippen molar-refractivity contribution in [1.82, 2.24) is 14.9 Å². The predicted octanol–water partition coefficient (Wildman–Crippen LogP) is 3.79. The molecular weight excluding hydrogens is 355 g/mol. The number of hydrogen-bond donors (Lipinski definition) is 1. The molecule has 27 heavy (non-hydrogen) atoms. The fourth-order valence-electron chi connectivity index (χ4n) is 4.14. The minimum absolute atomic E-state index is 0.0840. The molecule has 0 spiro atoms. The van der Waals surface area contributed by atoms with Crippen LogP contribution in [0.25, 0.3) is 0 Å². The fourth-order valence-corrected chi connectivity index (χ4v) is 4.14. The van der Waals surface area contributed by atoms with Gasteiger partial charge in [-0.1, -0.05) is 19.3 Å². The monoisotopic (exact) mass is 377 g/mol. The molecule has 1 aromatic carbocycles. The van der Waals surface area contributed by atoms with Gasteiger partial charge in [-0.25, -0.2) is 18.2 Å². The van der Waals surface area contributed by atoms with Crippen LogP contribution in [-0.4, -0.2) is 21.4 Å². The van der Waals surface area contributed by atoms with Crippen molar-refractivity contribution in [3.05, 3.63) is 62.6 Å². The van der Waals surface area contributed by atoms with Crippen molar-refractivity contribution in [1.29, 1.82) is 0 Å². The first-order valence-corrected chi connectivity index (χ1v) is 9.49. The Labute approximate surface area is 155 Å². The number of H-pyrrole nitrogens is 1. The van der Waals surface area contributed by atoms with Crippen LogP contribution in [-0.2, 0) is 19.5 Å². The van der Waals surface area contributed by atoms with E-state index < -0.39 is 17.5 Å². The average Bonchev–Trinajstić information content (AvgIpc) is 2.66. The Hall–Kier alpha value is -2.15. The highest BCUT2D eigenvalue weighted by atomic mass is 19.2. The Balaban J connectivity index is 1.56. The van der Waals surface area contributed by atoms with Gasteiger partial charge in [-0.2, -0.15) is 0 Å². The summed E-state index contributed by atoms with van der Waals surface area (Å²) in [4.78, 5) is 22.0. The minimum atomic E-state index is -1.19. The molecule has 1 aromatic heterocycles. The Morgan fingerprint density at radius 1 is 1.07 bits per heavy atom. The minimum Gasteiger partial charge on any atom is -0.310 e. The van der Waals surface area contributed by atoms with Gasteiger partial charge in [0.1, 0.15) is 11.6 Å². The van der Waals surface area contributed by atoms with Gasteiger partial charge in [-0.05, 0) is 25.3 Å². The Morgan fingerprint density at radius 2 is 1.81 bits per heavy atom. The van der Waals surface area contributed by atoms with Gasteiger partial charge in [0.25, 0.3) is 5.56 Å². The normalized spacial score (nSPS) is 18.5. The number of aromatic nitrogens is 2. The molecule has 1 saturated carbocycles. The lowest BCUT2D eigenvalue weighted by molar-refractivity contribution is 0.235. The molecule has 0 radical (unpaired) electrons. The molecule has 4 nitrogen and oxygen atoms in total. The second-order valence-electron chi connectivity index (χ2n) is 7.53. The molecule has 1 aliphatic heterocycles. The maximum absolute atomic E-state index is 13.9. The molecule has 1 aliphatic carbocycles. The van der Waals surface area contributed by atoms with E-state index in [2.05, 4.69) is 4.98 Å². The third kappa shape index (κ3) is 3.78. The van der Waals surface area contributed by atoms with Gasteiger partial charge in [0.15, 0.2) is 11.6 Å². The maximum atomic E-state index is 13.9. The summed E-state index contributed by atoms with van der Waals surface area (Å²) in [5.41, 5.74) is 1.42. The topological polar surface area (TPSA) is 49.0 Å². The maximum Gasteiger partial charge on any atom is 0.254 e. The fraction of sp³-hybridized carbons (Fsp3) is 0.500. The molecule has 0 saturated heterocycles. The molecule has 2 aromatic rings. The Kier molecular flexibility index (Phi) is 5.04. The van der Waals surface area contributed by atoms with Crippen molar-refractivity contribution in [2.75, 3.05) is 6.54 Å². The van der Waals surface area contributed by atoms with Crippen molar-refractivity contribution in [2.45, 2.75) is 57.5 Å². The number of halogens is 3. The van der Waals surface area contributed by atoms with Crippen LogP contribution in [0, 0.1) is 17.5 Å². The standard InChI is InChI=1S/C20H22F3N3O/c21-15-9-17(23)16(22)8-13(15)10-26-7-6-14-18(11-26)24-19(25-20(14)27)12-4-2-1-3-5-12/h8-9,12H,1-7,10-11H2,(H,24,25,27). The van der Waals surface area contributed by atoms with Crippen molar-refractivity contribution in [2.24, 2.45) is 0 Å². The summed E-state index contributed by atoms with van der Waals surface area (Å²) in [6, 6.07) is 1.48. The van der Waals surface area contributed by atoms with Crippen LogP contribution < -0.4 is 5.56 Å². The third-order valence-electron chi connectivity index (χ3n) is 5.65. The number of benzene rings is 1. The molecule has 7 heteroatoms. The van der Waals surface area contributed by atoms with Gasteiger partial charge < -0.3 is 4.98 Å². The zero-order valence-electron chi connectivity index (χ0n) is 15.0. The van der Waals surface area contributed by atoms with E-state index in [1.165, 1.54) is 6.42 Å². The highest BCUT2D eigenvalue weighted by molar-refractivity contribution is 5.24. The quantitative estimate of drug-likeness (QED) is 0.828. The summed E-state index contributed by atoms with van der Waals surface area (Å²) in [5, 5.41) is 0. The van der Waals surface area contributed by atoms with Crippen molar-refractivity contribution >= 4 is 0 Å². The van der Waals surface area contributed by atoms with E-state index in [4.69, 9.17) is 4.98 Å². The van der Waals surface area contributed by atoms with Crippen LogP contribution in [0.15, 0.2) is 16.9 Å². The molecule has 2 heterocycles. The first-order chi connectivity index (χ1) is 13.0. The summed E-state index contributed by atoms with van der Waals surface area (Å²) in [5.74, 6) is -1.97. The van der Waals surface area contributed by atoms with E-state index >= 15 is 0 Å². The van der Waals surface area contributed by atoms with E-state index in [1.807, 2.05) is 4.90 Å². The Bertz CT molecular complexity index is 906. The van der Waals surface area contributed by atoms with E-state index in [-0.39, 0.29) is 23.6 Å². The van der Waals surface area contributed by atoms with Crippen molar-refractivity contribution < 1.29 is 13.2 Å². The molecule has 0 unspecified atom stereocenters. The van der Waals surface area contributed by atoms with Gasteiger partial charge in [-0.3, -0.25) is 9.69 Å². The number of hydrogen-bond acceptors (Lipinski definition) is 3. The highest BCUT2D eigenvalue weighted by Gasteiger charge is 2.25.